The van der Waals surface area contributed by atoms with Crippen LogP contribution in [0.25, 0.3) is 0 Å². The lowest BCUT2D eigenvalue weighted by atomic mass is 10.2. The van der Waals surface area contributed by atoms with Crippen LogP contribution in [0.15, 0.2) is 49.1 Å². The Morgan fingerprint density at radius 1 is 1.32 bits per heavy atom. The highest BCUT2D eigenvalue weighted by atomic mass is 16.5. The summed E-state index contributed by atoms with van der Waals surface area (Å²) in [7, 11) is 0. The second kappa shape index (κ2) is 6.76. The zero-order chi connectivity index (χ0) is 17.1. The first-order valence-electron chi connectivity index (χ1n) is 8.17. The van der Waals surface area contributed by atoms with E-state index in [1.54, 1.807) is 23.3 Å². The maximum Gasteiger partial charge on any atom is 0.271 e. The summed E-state index contributed by atoms with van der Waals surface area (Å²) in [6.07, 6.45) is 7.74. The standard InChI is InChI=1S/C17H18N6O2/c24-17(19-7-9-22-8-1-4-20-22)16-11-13-10-15(12-23(13)21-16)25-14-2-5-18-6-3-14/h1-6,8,11,15H,7,9-10,12H2,(H,19,24). The van der Waals surface area contributed by atoms with E-state index in [9.17, 15) is 4.79 Å². The smallest absolute Gasteiger partial charge is 0.271 e. The molecule has 0 aromatic carbocycles. The summed E-state index contributed by atoms with van der Waals surface area (Å²) < 4.78 is 9.53. The fourth-order valence-electron chi connectivity index (χ4n) is 2.87. The van der Waals surface area contributed by atoms with Gasteiger partial charge >= 0.3 is 0 Å². The predicted octanol–water partition coefficient (Wildman–Crippen LogP) is 0.908. The van der Waals surface area contributed by atoms with Crippen LogP contribution in [0.5, 0.6) is 5.75 Å². The molecule has 0 aliphatic carbocycles. The SMILES string of the molecule is O=C(NCCn1cccn1)c1cc2n(n1)CC(Oc1ccncc1)C2. The summed E-state index contributed by atoms with van der Waals surface area (Å²) in [5, 5.41) is 11.3. The van der Waals surface area contributed by atoms with Crippen molar-refractivity contribution in [2.24, 2.45) is 0 Å². The van der Waals surface area contributed by atoms with Crippen LogP contribution in [-0.4, -0.2) is 43.1 Å². The average molecular weight is 338 g/mol. The molecule has 0 bridgehead atoms. The molecule has 0 saturated carbocycles. The monoisotopic (exact) mass is 338 g/mol. The van der Waals surface area contributed by atoms with Gasteiger partial charge in [0.2, 0.25) is 0 Å². The second-order valence-corrected chi connectivity index (χ2v) is 5.85. The Morgan fingerprint density at radius 3 is 2.96 bits per heavy atom. The van der Waals surface area contributed by atoms with E-state index in [0.29, 0.717) is 25.3 Å². The first kappa shape index (κ1) is 15.4. The number of nitrogens with one attached hydrogen (secondary N) is 1. The van der Waals surface area contributed by atoms with E-state index >= 15 is 0 Å². The normalized spacial score (nSPS) is 15.8. The number of pyridine rings is 1. The molecule has 8 heteroatoms. The predicted molar refractivity (Wildman–Crippen MR) is 89.1 cm³/mol. The molecule has 128 valence electrons. The number of aromatic nitrogens is 5. The van der Waals surface area contributed by atoms with Crippen molar-refractivity contribution in [1.29, 1.82) is 0 Å². The highest BCUT2D eigenvalue weighted by Crippen LogP contribution is 2.21. The first-order valence-corrected chi connectivity index (χ1v) is 8.17. The molecule has 3 aromatic heterocycles. The Labute approximate surface area is 144 Å². The number of carbonyl (C=O) groups excluding carboxylic acids is 1. The second-order valence-electron chi connectivity index (χ2n) is 5.85. The van der Waals surface area contributed by atoms with E-state index in [4.69, 9.17) is 4.74 Å². The number of rotatable bonds is 6. The van der Waals surface area contributed by atoms with Crippen LogP contribution < -0.4 is 10.1 Å². The van der Waals surface area contributed by atoms with E-state index in [2.05, 4.69) is 20.5 Å². The zero-order valence-corrected chi connectivity index (χ0v) is 13.6. The van der Waals surface area contributed by atoms with Crippen LogP contribution in [0.2, 0.25) is 0 Å². The lowest BCUT2D eigenvalue weighted by Crippen LogP contribution is -2.28. The van der Waals surface area contributed by atoms with Gasteiger partial charge in [0.25, 0.3) is 5.91 Å². The molecule has 0 saturated heterocycles. The number of hydrogen-bond acceptors (Lipinski definition) is 5. The fraction of sp³-hybridized carbons (Fsp3) is 0.294. The van der Waals surface area contributed by atoms with E-state index in [1.807, 2.05) is 35.1 Å². The van der Waals surface area contributed by atoms with Crippen LogP contribution in [0.4, 0.5) is 0 Å². The Kier molecular flexibility index (Phi) is 4.16. The van der Waals surface area contributed by atoms with Gasteiger partial charge in [0.1, 0.15) is 17.5 Å². The number of nitrogens with zero attached hydrogens (tertiary/aromatic N) is 5. The number of carbonyl (C=O) groups is 1. The lowest BCUT2D eigenvalue weighted by molar-refractivity contribution is 0.0945. The van der Waals surface area contributed by atoms with Crippen molar-refractivity contribution < 1.29 is 9.53 Å². The number of ether oxygens (including phenoxy) is 1. The van der Waals surface area contributed by atoms with Crippen molar-refractivity contribution in [1.82, 2.24) is 29.9 Å². The molecule has 0 fully saturated rings. The van der Waals surface area contributed by atoms with Gasteiger partial charge in [-0.05, 0) is 24.3 Å². The van der Waals surface area contributed by atoms with Gasteiger partial charge in [-0.1, -0.05) is 0 Å². The van der Waals surface area contributed by atoms with Gasteiger partial charge in [0.05, 0.1) is 13.1 Å². The van der Waals surface area contributed by atoms with E-state index in [1.165, 1.54) is 0 Å². The van der Waals surface area contributed by atoms with Gasteiger partial charge in [0.15, 0.2) is 0 Å². The van der Waals surface area contributed by atoms with Gasteiger partial charge in [-0.3, -0.25) is 19.1 Å². The largest absolute Gasteiger partial charge is 0.488 e. The third-order valence-corrected chi connectivity index (χ3v) is 4.05. The molecule has 1 N–H and O–H groups in total. The van der Waals surface area contributed by atoms with Gasteiger partial charge in [-0.2, -0.15) is 10.2 Å². The van der Waals surface area contributed by atoms with Crippen molar-refractivity contribution in [3.8, 4) is 5.75 Å². The molecule has 25 heavy (non-hydrogen) atoms. The van der Waals surface area contributed by atoms with Gasteiger partial charge in [0, 0.05) is 43.4 Å². The molecule has 3 aromatic rings. The van der Waals surface area contributed by atoms with Crippen LogP contribution in [-0.2, 0) is 19.5 Å². The Bertz CT molecular complexity index is 820. The zero-order valence-electron chi connectivity index (χ0n) is 13.6. The van der Waals surface area contributed by atoms with Crippen molar-refractivity contribution >= 4 is 5.91 Å². The van der Waals surface area contributed by atoms with Crippen LogP contribution in [0, 0.1) is 0 Å². The highest BCUT2D eigenvalue weighted by molar-refractivity contribution is 5.92. The van der Waals surface area contributed by atoms with Crippen LogP contribution in [0.1, 0.15) is 16.2 Å². The Balaban J connectivity index is 1.30. The molecule has 0 radical (unpaired) electrons. The summed E-state index contributed by atoms with van der Waals surface area (Å²) in [6, 6.07) is 7.35. The quantitative estimate of drug-likeness (QED) is 0.722. The van der Waals surface area contributed by atoms with E-state index in [-0.39, 0.29) is 12.0 Å². The molecule has 8 nitrogen and oxygen atoms in total. The van der Waals surface area contributed by atoms with Crippen LogP contribution >= 0.6 is 0 Å². The van der Waals surface area contributed by atoms with Crippen LogP contribution in [0.3, 0.4) is 0 Å². The van der Waals surface area contributed by atoms with E-state index < -0.39 is 0 Å². The maximum atomic E-state index is 12.2. The molecule has 1 amide bonds. The van der Waals surface area contributed by atoms with Gasteiger partial charge in [-0.25, -0.2) is 0 Å². The number of amides is 1. The fourth-order valence-corrected chi connectivity index (χ4v) is 2.87. The third-order valence-electron chi connectivity index (χ3n) is 4.05. The molecule has 1 unspecified atom stereocenters. The molecule has 1 aliphatic rings. The van der Waals surface area contributed by atoms with Crippen molar-refractivity contribution in [2.75, 3.05) is 6.54 Å². The minimum absolute atomic E-state index is 0.0295. The summed E-state index contributed by atoms with van der Waals surface area (Å²) >= 11 is 0. The Hall–Kier alpha value is -3.16. The number of fused-ring (bicyclic) bond motifs is 1. The summed E-state index contributed by atoms with van der Waals surface area (Å²) in [5.74, 6) is 0.628. The van der Waals surface area contributed by atoms with Crippen molar-refractivity contribution in [2.45, 2.75) is 25.6 Å². The Morgan fingerprint density at radius 2 is 2.20 bits per heavy atom. The summed E-state index contributed by atoms with van der Waals surface area (Å²) in [6.45, 7) is 1.78. The molecule has 4 heterocycles. The topological polar surface area (TPSA) is 86.9 Å². The molecule has 1 atom stereocenters. The maximum absolute atomic E-state index is 12.2. The molecule has 1 aliphatic heterocycles. The van der Waals surface area contributed by atoms with Gasteiger partial charge < -0.3 is 10.1 Å². The van der Waals surface area contributed by atoms with E-state index in [0.717, 1.165) is 17.9 Å². The highest BCUT2D eigenvalue weighted by Gasteiger charge is 2.26. The molecular weight excluding hydrogens is 320 g/mol. The third kappa shape index (κ3) is 3.52. The molecule has 4 rings (SSSR count). The van der Waals surface area contributed by atoms with Gasteiger partial charge in [-0.15, -0.1) is 0 Å². The average Bonchev–Trinajstić information content (AvgIpc) is 3.32. The van der Waals surface area contributed by atoms with Crippen molar-refractivity contribution in [3.63, 3.8) is 0 Å². The lowest BCUT2D eigenvalue weighted by Gasteiger charge is -2.12. The summed E-state index contributed by atoms with van der Waals surface area (Å²) in [5.41, 5.74) is 1.45. The minimum Gasteiger partial charge on any atom is -0.488 e. The van der Waals surface area contributed by atoms with Crippen molar-refractivity contribution in [3.05, 3.63) is 60.4 Å². The first-order chi connectivity index (χ1) is 12.3. The number of hydrogen-bond donors (Lipinski definition) is 1. The molecule has 0 spiro atoms. The molecular formula is C17H18N6O2. The minimum atomic E-state index is -0.166. The summed E-state index contributed by atoms with van der Waals surface area (Å²) in [4.78, 5) is 16.2.